The van der Waals surface area contributed by atoms with E-state index >= 15 is 0 Å². The van der Waals surface area contributed by atoms with Crippen molar-refractivity contribution in [2.45, 2.75) is 25.9 Å². The van der Waals surface area contributed by atoms with Gasteiger partial charge in [0.05, 0.1) is 0 Å². The fraction of sp³-hybridized carbons (Fsp3) is 0.316. The van der Waals surface area contributed by atoms with Gasteiger partial charge in [0.1, 0.15) is 5.82 Å². The zero-order valence-corrected chi connectivity index (χ0v) is 16.9. The lowest BCUT2D eigenvalue weighted by molar-refractivity contribution is -0.117. The van der Waals surface area contributed by atoms with Crippen LogP contribution in [-0.4, -0.2) is 32.2 Å². The van der Waals surface area contributed by atoms with Crippen LogP contribution in [0.15, 0.2) is 42.5 Å². The maximum Gasteiger partial charge on any atom is 0.279 e. The molecule has 28 heavy (non-hydrogen) atoms. The molecule has 0 saturated carbocycles. The van der Waals surface area contributed by atoms with Crippen molar-refractivity contribution < 1.29 is 17.6 Å². The van der Waals surface area contributed by atoms with Crippen molar-refractivity contribution in [1.82, 2.24) is 9.03 Å². The van der Waals surface area contributed by atoms with Crippen LogP contribution >= 0.6 is 11.6 Å². The molecule has 1 heterocycles. The molecule has 1 saturated heterocycles. The van der Waals surface area contributed by atoms with Crippen LogP contribution in [0.25, 0.3) is 0 Å². The van der Waals surface area contributed by atoms with Gasteiger partial charge < -0.3 is 4.90 Å². The lowest BCUT2D eigenvalue weighted by atomic mass is 10.2. The second-order valence-corrected chi connectivity index (χ2v) is 8.87. The normalized spacial score (nSPS) is 14.9. The first-order valence-corrected chi connectivity index (χ1v) is 10.6. The minimum atomic E-state index is -3.86. The van der Waals surface area contributed by atoms with Gasteiger partial charge in [-0.25, -0.2) is 4.39 Å². The highest BCUT2D eigenvalue weighted by atomic mass is 35.5. The van der Waals surface area contributed by atoms with Crippen molar-refractivity contribution in [2.75, 3.05) is 18.5 Å². The highest BCUT2D eigenvalue weighted by Crippen LogP contribution is 2.23. The van der Waals surface area contributed by atoms with Crippen molar-refractivity contribution in [3.63, 3.8) is 0 Å². The summed E-state index contributed by atoms with van der Waals surface area (Å²) in [5.41, 5.74) is 1.59. The number of anilines is 1. The SMILES string of the molecule is CN(Cc1c(F)cccc1Cl)S(=O)(=O)NCc1cccc(N2CCCC2=O)c1. The molecule has 1 aliphatic heterocycles. The van der Waals surface area contributed by atoms with Crippen LogP contribution < -0.4 is 9.62 Å². The Kier molecular flexibility index (Phi) is 6.34. The van der Waals surface area contributed by atoms with Crippen LogP contribution in [0.3, 0.4) is 0 Å². The van der Waals surface area contributed by atoms with E-state index in [-0.39, 0.29) is 29.6 Å². The Morgan fingerprint density at radius 1 is 1.25 bits per heavy atom. The quantitative estimate of drug-likeness (QED) is 0.741. The molecule has 3 rings (SSSR count). The monoisotopic (exact) mass is 425 g/mol. The average Bonchev–Trinajstić information content (AvgIpc) is 3.09. The molecule has 1 fully saturated rings. The molecule has 1 N–H and O–H groups in total. The summed E-state index contributed by atoms with van der Waals surface area (Å²) in [6.07, 6.45) is 1.35. The van der Waals surface area contributed by atoms with Crippen LogP contribution in [0.1, 0.15) is 24.0 Å². The van der Waals surface area contributed by atoms with Gasteiger partial charge in [-0.2, -0.15) is 17.4 Å². The maximum absolute atomic E-state index is 13.9. The van der Waals surface area contributed by atoms with Gasteiger partial charge in [0.15, 0.2) is 0 Å². The first-order valence-electron chi connectivity index (χ1n) is 8.81. The lowest BCUT2D eigenvalue weighted by Gasteiger charge is -2.20. The highest BCUT2D eigenvalue weighted by Gasteiger charge is 2.23. The molecule has 0 radical (unpaired) electrons. The van der Waals surface area contributed by atoms with Gasteiger partial charge in [0, 0.05) is 49.4 Å². The molecular formula is C19H21ClFN3O3S. The Morgan fingerprint density at radius 2 is 2.00 bits per heavy atom. The maximum atomic E-state index is 13.9. The van der Waals surface area contributed by atoms with Gasteiger partial charge in [-0.05, 0) is 36.2 Å². The van der Waals surface area contributed by atoms with E-state index in [4.69, 9.17) is 11.6 Å². The molecule has 0 spiro atoms. The van der Waals surface area contributed by atoms with E-state index in [1.54, 1.807) is 23.1 Å². The van der Waals surface area contributed by atoms with E-state index in [1.807, 2.05) is 6.07 Å². The number of carbonyl (C=O) groups is 1. The van der Waals surface area contributed by atoms with Crippen LogP contribution in [0.2, 0.25) is 5.02 Å². The largest absolute Gasteiger partial charge is 0.312 e. The number of rotatable bonds is 7. The van der Waals surface area contributed by atoms with Gasteiger partial charge in [-0.1, -0.05) is 29.8 Å². The summed E-state index contributed by atoms with van der Waals surface area (Å²) in [4.78, 5) is 13.6. The molecule has 2 aromatic rings. The number of nitrogens with zero attached hydrogens (tertiary/aromatic N) is 2. The highest BCUT2D eigenvalue weighted by molar-refractivity contribution is 7.87. The summed E-state index contributed by atoms with van der Waals surface area (Å²) >= 11 is 5.97. The molecule has 0 aliphatic carbocycles. The Morgan fingerprint density at radius 3 is 2.68 bits per heavy atom. The fourth-order valence-electron chi connectivity index (χ4n) is 3.03. The number of hydrogen-bond donors (Lipinski definition) is 1. The van der Waals surface area contributed by atoms with E-state index in [0.29, 0.717) is 13.0 Å². The zero-order valence-electron chi connectivity index (χ0n) is 15.4. The van der Waals surface area contributed by atoms with Crippen molar-refractivity contribution in [2.24, 2.45) is 0 Å². The third-order valence-corrected chi connectivity index (χ3v) is 6.42. The molecule has 0 aromatic heterocycles. The summed E-state index contributed by atoms with van der Waals surface area (Å²) in [6.45, 7) is 0.525. The third kappa shape index (κ3) is 4.70. The molecule has 1 aliphatic rings. The topological polar surface area (TPSA) is 69.7 Å². The molecule has 9 heteroatoms. The van der Waals surface area contributed by atoms with Gasteiger partial charge in [0.2, 0.25) is 5.91 Å². The van der Waals surface area contributed by atoms with E-state index in [9.17, 15) is 17.6 Å². The Hall–Kier alpha value is -2.00. The second kappa shape index (κ2) is 8.57. The van der Waals surface area contributed by atoms with Gasteiger partial charge in [0.25, 0.3) is 10.2 Å². The Balaban J connectivity index is 1.67. The third-order valence-electron chi connectivity index (χ3n) is 4.61. The minimum Gasteiger partial charge on any atom is -0.312 e. The number of halogens is 2. The van der Waals surface area contributed by atoms with Crippen LogP contribution in [0.4, 0.5) is 10.1 Å². The van der Waals surface area contributed by atoms with Gasteiger partial charge in [-0.15, -0.1) is 0 Å². The summed E-state index contributed by atoms with van der Waals surface area (Å²) in [6, 6.07) is 11.4. The van der Waals surface area contributed by atoms with Crippen LogP contribution in [0.5, 0.6) is 0 Å². The average molecular weight is 426 g/mol. The number of amides is 1. The van der Waals surface area contributed by atoms with E-state index in [0.717, 1.165) is 22.0 Å². The van der Waals surface area contributed by atoms with Crippen molar-refractivity contribution >= 4 is 33.4 Å². The number of hydrogen-bond acceptors (Lipinski definition) is 3. The predicted molar refractivity (Wildman–Crippen MR) is 107 cm³/mol. The zero-order chi connectivity index (χ0) is 20.3. The molecule has 150 valence electrons. The molecular weight excluding hydrogens is 405 g/mol. The number of carbonyl (C=O) groups excluding carboxylic acids is 1. The van der Waals surface area contributed by atoms with E-state index in [1.165, 1.54) is 25.2 Å². The minimum absolute atomic E-state index is 0.0492. The molecule has 0 bridgehead atoms. The fourth-order valence-corrected chi connectivity index (χ4v) is 4.12. The van der Waals surface area contributed by atoms with Crippen molar-refractivity contribution in [1.29, 1.82) is 0 Å². The van der Waals surface area contributed by atoms with Gasteiger partial charge >= 0.3 is 0 Å². The standard InChI is InChI=1S/C19H21ClFN3O3S/c1-23(13-16-17(20)7-3-8-18(16)21)28(26,27)22-12-14-5-2-6-15(11-14)24-10-4-9-19(24)25/h2-3,5-8,11,22H,4,9-10,12-13H2,1H3. The molecule has 0 atom stereocenters. The molecule has 1 amide bonds. The van der Waals surface area contributed by atoms with E-state index in [2.05, 4.69) is 4.72 Å². The summed E-state index contributed by atoms with van der Waals surface area (Å²) < 4.78 is 42.4. The smallest absolute Gasteiger partial charge is 0.279 e. The van der Waals surface area contributed by atoms with Gasteiger partial charge in [-0.3, -0.25) is 4.79 Å². The molecule has 6 nitrogen and oxygen atoms in total. The Bertz CT molecular complexity index is 964. The molecule has 2 aromatic carbocycles. The Labute approximate surface area is 169 Å². The predicted octanol–water partition coefficient (Wildman–Crippen LogP) is 3.07. The van der Waals surface area contributed by atoms with E-state index < -0.39 is 16.0 Å². The first kappa shape index (κ1) is 20.7. The first-order chi connectivity index (χ1) is 13.3. The summed E-state index contributed by atoms with van der Waals surface area (Å²) in [5.74, 6) is -0.489. The van der Waals surface area contributed by atoms with Crippen molar-refractivity contribution in [3.05, 3.63) is 64.4 Å². The van der Waals surface area contributed by atoms with Crippen molar-refractivity contribution in [3.8, 4) is 0 Å². The summed E-state index contributed by atoms with van der Waals surface area (Å²) in [7, 11) is -2.50. The molecule has 0 unspecified atom stereocenters. The number of benzene rings is 2. The lowest BCUT2D eigenvalue weighted by Crippen LogP contribution is -2.37. The van der Waals surface area contributed by atoms with Crippen LogP contribution in [0, 0.1) is 5.82 Å². The van der Waals surface area contributed by atoms with Crippen LogP contribution in [-0.2, 0) is 28.1 Å². The second-order valence-electron chi connectivity index (χ2n) is 6.60. The summed E-state index contributed by atoms with van der Waals surface area (Å²) in [5, 5.41) is 0.171. The number of nitrogens with one attached hydrogen (secondary N) is 1.